The Bertz CT molecular complexity index is 683. The van der Waals surface area contributed by atoms with Gasteiger partial charge in [-0.3, -0.25) is 4.79 Å². The van der Waals surface area contributed by atoms with E-state index in [0.717, 1.165) is 31.8 Å². The number of carbonyl (C=O) groups is 1. The minimum atomic E-state index is 0.0324. The SMILES string of the molecule is CCn1ccnc1[C@H]1CCCN(C(=O)c2ccnc(OC)c2)C1. The predicted octanol–water partition coefficient (Wildman–Crippen LogP) is 2.33. The molecule has 0 bridgehead atoms. The van der Waals surface area contributed by atoms with E-state index in [4.69, 9.17) is 4.74 Å². The lowest BCUT2D eigenvalue weighted by atomic mass is 9.96. The number of aromatic nitrogens is 3. The lowest BCUT2D eigenvalue weighted by Crippen LogP contribution is -2.39. The van der Waals surface area contributed by atoms with E-state index in [2.05, 4.69) is 21.5 Å². The average molecular weight is 314 g/mol. The second-order valence-corrected chi connectivity index (χ2v) is 5.75. The van der Waals surface area contributed by atoms with Crippen LogP contribution in [0, 0.1) is 0 Å². The number of amides is 1. The molecular weight excluding hydrogens is 292 g/mol. The number of ether oxygens (including phenoxy) is 1. The van der Waals surface area contributed by atoms with Gasteiger partial charge in [-0.2, -0.15) is 0 Å². The zero-order chi connectivity index (χ0) is 16.2. The van der Waals surface area contributed by atoms with Crippen LogP contribution in [-0.2, 0) is 6.54 Å². The summed E-state index contributed by atoms with van der Waals surface area (Å²) in [6.45, 7) is 4.51. The third kappa shape index (κ3) is 3.21. The first kappa shape index (κ1) is 15.5. The van der Waals surface area contributed by atoms with E-state index in [0.29, 0.717) is 23.9 Å². The zero-order valence-corrected chi connectivity index (χ0v) is 13.6. The summed E-state index contributed by atoms with van der Waals surface area (Å²) in [7, 11) is 1.55. The Balaban J connectivity index is 1.76. The molecule has 1 saturated heterocycles. The molecule has 3 rings (SSSR count). The van der Waals surface area contributed by atoms with Crippen molar-refractivity contribution in [3.8, 4) is 5.88 Å². The van der Waals surface area contributed by atoms with Crippen LogP contribution >= 0.6 is 0 Å². The molecule has 6 heteroatoms. The predicted molar refractivity (Wildman–Crippen MR) is 86.6 cm³/mol. The number of imidazole rings is 1. The highest BCUT2D eigenvalue weighted by Gasteiger charge is 2.28. The highest BCUT2D eigenvalue weighted by molar-refractivity contribution is 5.94. The summed E-state index contributed by atoms with van der Waals surface area (Å²) in [5.41, 5.74) is 0.622. The Morgan fingerprint density at radius 1 is 1.39 bits per heavy atom. The smallest absolute Gasteiger partial charge is 0.254 e. The van der Waals surface area contributed by atoms with Crippen LogP contribution in [0.5, 0.6) is 5.88 Å². The van der Waals surface area contributed by atoms with Crippen LogP contribution in [-0.4, -0.2) is 45.5 Å². The van der Waals surface area contributed by atoms with E-state index in [1.165, 1.54) is 0 Å². The van der Waals surface area contributed by atoms with Gasteiger partial charge in [0.15, 0.2) is 0 Å². The number of methoxy groups -OCH3 is 1. The van der Waals surface area contributed by atoms with Crippen molar-refractivity contribution in [1.29, 1.82) is 0 Å². The van der Waals surface area contributed by atoms with Crippen molar-refractivity contribution in [3.63, 3.8) is 0 Å². The van der Waals surface area contributed by atoms with Gasteiger partial charge in [-0.1, -0.05) is 0 Å². The number of rotatable bonds is 4. The minimum absolute atomic E-state index is 0.0324. The van der Waals surface area contributed by atoms with Gasteiger partial charge in [-0.15, -0.1) is 0 Å². The van der Waals surface area contributed by atoms with E-state index in [1.54, 1.807) is 25.4 Å². The zero-order valence-electron chi connectivity index (χ0n) is 13.6. The van der Waals surface area contributed by atoms with Gasteiger partial charge in [-0.25, -0.2) is 9.97 Å². The number of pyridine rings is 1. The number of likely N-dealkylation sites (tertiary alicyclic amines) is 1. The molecule has 0 unspecified atom stereocenters. The normalized spacial score (nSPS) is 18.0. The van der Waals surface area contributed by atoms with E-state index < -0.39 is 0 Å². The Morgan fingerprint density at radius 2 is 2.26 bits per heavy atom. The van der Waals surface area contributed by atoms with Gasteiger partial charge in [0.05, 0.1) is 7.11 Å². The molecule has 6 nitrogen and oxygen atoms in total. The van der Waals surface area contributed by atoms with Crippen molar-refractivity contribution < 1.29 is 9.53 Å². The number of hydrogen-bond donors (Lipinski definition) is 0. The molecule has 1 aliphatic rings. The molecule has 1 amide bonds. The topological polar surface area (TPSA) is 60.2 Å². The van der Waals surface area contributed by atoms with E-state index >= 15 is 0 Å². The number of piperidine rings is 1. The van der Waals surface area contributed by atoms with Crippen LogP contribution in [0.4, 0.5) is 0 Å². The second-order valence-electron chi connectivity index (χ2n) is 5.75. The maximum atomic E-state index is 12.8. The van der Waals surface area contributed by atoms with Crippen LogP contribution in [0.2, 0.25) is 0 Å². The summed E-state index contributed by atoms with van der Waals surface area (Å²) in [5.74, 6) is 1.87. The number of nitrogens with zero attached hydrogens (tertiary/aromatic N) is 4. The van der Waals surface area contributed by atoms with Crippen molar-refractivity contribution >= 4 is 5.91 Å². The van der Waals surface area contributed by atoms with Crippen LogP contribution in [0.3, 0.4) is 0 Å². The molecule has 3 heterocycles. The molecule has 2 aromatic heterocycles. The van der Waals surface area contributed by atoms with Crippen molar-refractivity contribution in [2.75, 3.05) is 20.2 Å². The van der Waals surface area contributed by atoms with Gasteiger partial charge < -0.3 is 14.2 Å². The molecule has 122 valence electrons. The summed E-state index contributed by atoms with van der Waals surface area (Å²) in [4.78, 5) is 23.2. The molecular formula is C17H22N4O2. The fourth-order valence-electron chi connectivity index (χ4n) is 3.16. The number of hydrogen-bond acceptors (Lipinski definition) is 4. The first-order valence-electron chi connectivity index (χ1n) is 8.03. The standard InChI is InChI=1S/C17H22N4O2/c1-3-20-10-8-19-16(20)14-5-4-9-21(12-14)17(22)13-6-7-18-15(11-13)23-2/h6-8,10-11,14H,3-5,9,12H2,1-2H3/t14-/m0/s1. The summed E-state index contributed by atoms with van der Waals surface area (Å²) in [5, 5.41) is 0. The van der Waals surface area contributed by atoms with Crippen LogP contribution < -0.4 is 4.74 Å². The molecule has 1 atom stereocenters. The van der Waals surface area contributed by atoms with E-state index in [-0.39, 0.29) is 5.91 Å². The number of aryl methyl sites for hydroxylation is 1. The second kappa shape index (κ2) is 6.81. The summed E-state index contributed by atoms with van der Waals surface area (Å²) >= 11 is 0. The molecule has 0 N–H and O–H groups in total. The fraction of sp³-hybridized carbons (Fsp3) is 0.471. The molecule has 0 saturated carbocycles. The maximum absolute atomic E-state index is 12.8. The first-order valence-corrected chi connectivity index (χ1v) is 8.03. The van der Waals surface area contributed by atoms with Crippen molar-refractivity contribution in [3.05, 3.63) is 42.1 Å². The third-order valence-corrected chi connectivity index (χ3v) is 4.35. The lowest BCUT2D eigenvalue weighted by molar-refractivity contribution is 0.0703. The average Bonchev–Trinajstić information content (AvgIpc) is 3.10. The molecule has 1 fully saturated rings. The Morgan fingerprint density at radius 3 is 3.04 bits per heavy atom. The molecule has 2 aromatic rings. The van der Waals surface area contributed by atoms with Gasteiger partial charge in [0.2, 0.25) is 5.88 Å². The number of carbonyl (C=O) groups excluding carboxylic acids is 1. The minimum Gasteiger partial charge on any atom is -0.481 e. The van der Waals surface area contributed by atoms with Crippen molar-refractivity contribution in [2.45, 2.75) is 32.2 Å². The largest absolute Gasteiger partial charge is 0.481 e. The molecule has 0 spiro atoms. The monoisotopic (exact) mass is 314 g/mol. The molecule has 1 aliphatic heterocycles. The Labute approximate surface area is 136 Å². The van der Waals surface area contributed by atoms with Crippen LogP contribution in [0.25, 0.3) is 0 Å². The highest BCUT2D eigenvalue weighted by Crippen LogP contribution is 2.27. The maximum Gasteiger partial charge on any atom is 0.254 e. The van der Waals surface area contributed by atoms with E-state index in [9.17, 15) is 4.79 Å². The van der Waals surface area contributed by atoms with Crippen molar-refractivity contribution in [1.82, 2.24) is 19.4 Å². The third-order valence-electron chi connectivity index (χ3n) is 4.35. The molecule has 0 aromatic carbocycles. The van der Waals surface area contributed by atoms with Gasteiger partial charge >= 0.3 is 0 Å². The molecule has 0 radical (unpaired) electrons. The van der Waals surface area contributed by atoms with Crippen molar-refractivity contribution in [2.24, 2.45) is 0 Å². The summed E-state index contributed by atoms with van der Waals surface area (Å²) in [6, 6.07) is 3.43. The quantitative estimate of drug-likeness (QED) is 0.869. The Kier molecular flexibility index (Phi) is 4.60. The van der Waals surface area contributed by atoms with Crippen LogP contribution in [0.15, 0.2) is 30.7 Å². The van der Waals surface area contributed by atoms with Crippen LogP contribution in [0.1, 0.15) is 41.9 Å². The summed E-state index contributed by atoms with van der Waals surface area (Å²) < 4.78 is 7.27. The Hall–Kier alpha value is -2.37. The highest BCUT2D eigenvalue weighted by atomic mass is 16.5. The molecule has 0 aliphatic carbocycles. The fourth-order valence-corrected chi connectivity index (χ4v) is 3.16. The lowest BCUT2D eigenvalue weighted by Gasteiger charge is -2.32. The van der Waals surface area contributed by atoms with Gasteiger partial charge in [0.25, 0.3) is 5.91 Å². The molecule has 23 heavy (non-hydrogen) atoms. The van der Waals surface area contributed by atoms with Gasteiger partial charge in [0, 0.05) is 55.8 Å². The van der Waals surface area contributed by atoms with Gasteiger partial charge in [-0.05, 0) is 25.8 Å². The first-order chi connectivity index (χ1) is 11.2. The van der Waals surface area contributed by atoms with Gasteiger partial charge in [0.1, 0.15) is 5.82 Å². The summed E-state index contributed by atoms with van der Waals surface area (Å²) in [6.07, 6.45) is 7.52. The van der Waals surface area contributed by atoms with E-state index in [1.807, 2.05) is 17.3 Å².